The highest BCUT2D eigenvalue weighted by Crippen LogP contribution is 2.37. The minimum absolute atomic E-state index is 0.285. The van der Waals surface area contributed by atoms with Crippen LogP contribution in [0, 0.1) is 5.41 Å². The summed E-state index contributed by atoms with van der Waals surface area (Å²) >= 11 is 0. The monoisotopic (exact) mass is 341 g/mol. The number of carbonyl (C=O) groups excluding carboxylic acids is 1. The van der Waals surface area contributed by atoms with Gasteiger partial charge in [-0.25, -0.2) is 0 Å². The van der Waals surface area contributed by atoms with Gasteiger partial charge in [-0.05, 0) is 42.7 Å². The predicted molar refractivity (Wildman–Crippen MR) is 107 cm³/mol. The fourth-order valence-corrected chi connectivity index (χ4v) is 4.01. The SMILES string of the molecule is C/C=C1\CC(C)c2ccccc2C(C)CN1C(=O)C(C)(C)CCCC. The maximum absolute atomic E-state index is 13.4. The Balaban J connectivity index is 2.37. The van der Waals surface area contributed by atoms with Gasteiger partial charge in [0.2, 0.25) is 5.91 Å². The number of fused-ring (bicyclic) bond motifs is 1. The predicted octanol–water partition coefficient (Wildman–Crippen LogP) is 6.25. The van der Waals surface area contributed by atoms with Crippen molar-refractivity contribution in [1.82, 2.24) is 4.90 Å². The lowest BCUT2D eigenvalue weighted by atomic mass is 9.81. The van der Waals surface area contributed by atoms with E-state index >= 15 is 0 Å². The van der Waals surface area contributed by atoms with Crippen LogP contribution in [-0.4, -0.2) is 17.4 Å². The Labute approximate surface area is 154 Å². The number of hydrogen-bond acceptors (Lipinski definition) is 1. The Morgan fingerprint density at radius 1 is 1.20 bits per heavy atom. The van der Waals surface area contributed by atoms with Gasteiger partial charge in [0.15, 0.2) is 0 Å². The largest absolute Gasteiger partial charge is 0.315 e. The molecular formula is C23H35NO. The fraction of sp³-hybridized carbons (Fsp3) is 0.609. The van der Waals surface area contributed by atoms with E-state index in [1.807, 2.05) is 0 Å². The van der Waals surface area contributed by atoms with Crippen molar-refractivity contribution in [2.45, 2.75) is 79.1 Å². The summed E-state index contributed by atoms with van der Waals surface area (Å²) in [7, 11) is 0. The molecule has 2 unspecified atom stereocenters. The van der Waals surface area contributed by atoms with Crippen molar-refractivity contribution in [2.24, 2.45) is 5.41 Å². The van der Waals surface area contributed by atoms with Crippen molar-refractivity contribution >= 4 is 5.91 Å². The van der Waals surface area contributed by atoms with Crippen molar-refractivity contribution in [3.63, 3.8) is 0 Å². The van der Waals surface area contributed by atoms with Gasteiger partial charge in [-0.1, -0.05) is 77.8 Å². The first-order chi connectivity index (χ1) is 11.8. The molecule has 0 fully saturated rings. The topological polar surface area (TPSA) is 20.3 Å². The van der Waals surface area contributed by atoms with Gasteiger partial charge in [0.25, 0.3) is 0 Å². The lowest BCUT2D eigenvalue weighted by molar-refractivity contribution is -0.139. The number of allylic oxidation sites excluding steroid dienone is 2. The van der Waals surface area contributed by atoms with Crippen LogP contribution in [0.2, 0.25) is 0 Å². The van der Waals surface area contributed by atoms with Gasteiger partial charge in [-0.15, -0.1) is 0 Å². The van der Waals surface area contributed by atoms with Crippen LogP contribution in [0.3, 0.4) is 0 Å². The molecule has 0 spiro atoms. The third-order valence-electron chi connectivity index (χ3n) is 5.69. The van der Waals surface area contributed by atoms with Crippen LogP contribution >= 0.6 is 0 Å². The number of rotatable bonds is 4. The first kappa shape index (κ1) is 19.8. The van der Waals surface area contributed by atoms with Gasteiger partial charge in [0.05, 0.1) is 0 Å². The summed E-state index contributed by atoms with van der Waals surface area (Å²) in [5.41, 5.74) is 3.72. The highest BCUT2D eigenvalue weighted by atomic mass is 16.2. The molecule has 0 radical (unpaired) electrons. The highest BCUT2D eigenvalue weighted by molar-refractivity contribution is 5.83. The van der Waals surface area contributed by atoms with Crippen LogP contribution in [0.15, 0.2) is 36.0 Å². The molecule has 1 amide bonds. The molecule has 1 aromatic rings. The molecule has 25 heavy (non-hydrogen) atoms. The van der Waals surface area contributed by atoms with E-state index in [0.29, 0.717) is 11.8 Å². The summed E-state index contributed by atoms with van der Waals surface area (Å²) in [6.07, 6.45) is 6.26. The molecular weight excluding hydrogens is 306 g/mol. The standard InChI is InChI=1S/C23H35NO/c1-7-9-14-23(5,6)22(25)24-16-18(4)21-13-11-10-12-20(21)17(3)15-19(24)8-2/h8,10-13,17-18H,7,9,14-16H2,1-6H3/b19-8+. The van der Waals surface area contributed by atoms with Crippen molar-refractivity contribution in [1.29, 1.82) is 0 Å². The van der Waals surface area contributed by atoms with Crippen LogP contribution < -0.4 is 0 Å². The summed E-state index contributed by atoms with van der Waals surface area (Å²) in [5.74, 6) is 1.06. The van der Waals surface area contributed by atoms with Crippen molar-refractivity contribution in [3.8, 4) is 0 Å². The number of amides is 1. The number of nitrogens with zero attached hydrogens (tertiary/aromatic N) is 1. The Bertz CT molecular complexity index is 629. The Kier molecular flexibility index (Phi) is 6.48. The van der Waals surface area contributed by atoms with Crippen LogP contribution in [0.4, 0.5) is 0 Å². The third-order valence-corrected chi connectivity index (χ3v) is 5.69. The lowest BCUT2D eigenvalue weighted by Crippen LogP contribution is -2.43. The zero-order valence-corrected chi connectivity index (χ0v) is 16.9. The molecule has 138 valence electrons. The normalized spacial score (nSPS) is 23.1. The van der Waals surface area contributed by atoms with E-state index in [4.69, 9.17) is 0 Å². The third kappa shape index (κ3) is 4.34. The summed E-state index contributed by atoms with van der Waals surface area (Å²) < 4.78 is 0. The maximum Gasteiger partial charge on any atom is 0.232 e. The average molecular weight is 342 g/mol. The number of carbonyl (C=O) groups is 1. The molecule has 0 aliphatic carbocycles. The first-order valence-electron chi connectivity index (χ1n) is 9.87. The second kappa shape index (κ2) is 8.21. The Morgan fingerprint density at radius 3 is 2.36 bits per heavy atom. The molecule has 2 nitrogen and oxygen atoms in total. The van der Waals surface area contributed by atoms with Crippen molar-refractivity contribution < 1.29 is 4.79 Å². The van der Waals surface area contributed by atoms with Gasteiger partial charge in [0.1, 0.15) is 0 Å². The van der Waals surface area contributed by atoms with E-state index in [1.165, 1.54) is 16.8 Å². The van der Waals surface area contributed by atoms with Crippen LogP contribution in [-0.2, 0) is 4.79 Å². The summed E-state index contributed by atoms with van der Waals surface area (Å²) in [6.45, 7) is 13.8. The molecule has 0 bridgehead atoms. The minimum atomic E-state index is -0.300. The zero-order chi connectivity index (χ0) is 18.6. The van der Waals surface area contributed by atoms with E-state index in [1.54, 1.807) is 0 Å². The zero-order valence-electron chi connectivity index (χ0n) is 16.9. The second-order valence-electron chi connectivity index (χ2n) is 8.32. The van der Waals surface area contributed by atoms with Gasteiger partial charge in [0, 0.05) is 17.7 Å². The van der Waals surface area contributed by atoms with Gasteiger partial charge in [-0.2, -0.15) is 0 Å². The second-order valence-corrected chi connectivity index (χ2v) is 8.32. The molecule has 0 N–H and O–H groups in total. The molecule has 1 aliphatic heterocycles. The molecule has 0 aromatic heterocycles. The quantitative estimate of drug-likeness (QED) is 0.634. The summed E-state index contributed by atoms with van der Waals surface area (Å²) in [4.78, 5) is 15.5. The smallest absolute Gasteiger partial charge is 0.232 e. The van der Waals surface area contributed by atoms with Gasteiger partial charge >= 0.3 is 0 Å². The van der Waals surface area contributed by atoms with E-state index in [9.17, 15) is 4.79 Å². The molecule has 0 saturated heterocycles. The average Bonchev–Trinajstić information content (AvgIpc) is 2.60. The maximum atomic E-state index is 13.4. The Hall–Kier alpha value is -1.57. The summed E-state index contributed by atoms with van der Waals surface area (Å²) in [5, 5.41) is 0. The van der Waals surface area contributed by atoms with Crippen molar-refractivity contribution in [2.75, 3.05) is 6.54 Å². The van der Waals surface area contributed by atoms with Crippen LogP contribution in [0.1, 0.15) is 90.2 Å². The first-order valence-corrected chi connectivity index (χ1v) is 9.87. The fourth-order valence-electron chi connectivity index (χ4n) is 4.01. The van der Waals surface area contributed by atoms with Crippen molar-refractivity contribution in [3.05, 3.63) is 47.2 Å². The molecule has 2 heteroatoms. The molecule has 0 saturated carbocycles. The number of benzene rings is 1. The number of unbranched alkanes of at least 4 members (excludes halogenated alkanes) is 1. The minimum Gasteiger partial charge on any atom is -0.315 e. The molecule has 1 heterocycles. The lowest BCUT2D eigenvalue weighted by Gasteiger charge is -2.38. The van der Waals surface area contributed by atoms with Gasteiger partial charge < -0.3 is 4.90 Å². The van der Waals surface area contributed by atoms with Gasteiger partial charge in [-0.3, -0.25) is 4.79 Å². The van der Waals surface area contributed by atoms with E-state index in [2.05, 4.69) is 76.8 Å². The van der Waals surface area contributed by atoms with Crippen LogP contribution in [0.25, 0.3) is 0 Å². The Morgan fingerprint density at radius 2 is 1.80 bits per heavy atom. The molecule has 2 rings (SSSR count). The van der Waals surface area contributed by atoms with E-state index in [-0.39, 0.29) is 11.3 Å². The van der Waals surface area contributed by atoms with Crippen LogP contribution in [0.5, 0.6) is 0 Å². The molecule has 1 aromatic carbocycles. The molecule has 1 aliphatic rings. The van der Waals surface area contributed by atoms with E-state index < -0.39 is 0 Å². The number of hydrogen-bond donors (Lipinski definition) is 0. The summed E-state index contributed by atoms with van der Waals surface area (Å²) in [6, 6.07) is 8.75. The highest BCUT2D eigenvalue weighted by Gasteiger charge is 2.35. The molecule has 2 atom stereocenters. The van der Waals surface area contributed by atoms with E-state index in [0.717, 1.165) is 32.2 Å².